The van der Waals surface area contributed by atoms with Gasteiger partial charge in [0.15, 0.2) is 11.6 Å². The summed E-state index contributed by atoms with van der Waals surface area (Å²) in [4.78, 5) is 12.6. The molecule has 122 valence electrons. The second-order valence-electron chi connectivity index (χ2n) is 4.94. The van der Waals surface area contributed by atoms with E-state index in [2.05, 4.69) is 5.32 Å². The highest BCUT2D eigenvalue weighted by Gasteiger charge is 2.13. The molecule has 2 aromatic carbocycles. The van der Waals surface area contributed by atoms with E-state index in [9.17, 15) is 13.6 Å². The molecule has 0 bridgehead atoms. The van der Waals surface area contributed by atoms with Crippen molar-refractivity contribution < 1.29 is 13.6 Å². The number of carbonyl (C=O) groups excluding carboxylic acids is 1. The van der Waals surface area contributed by atoms with Crippen LogP contribution >= 0.6 is 23.4 Å². The van der Waals surface area contributed by atoms with Gasteiger partial charge >= 0.3 is 0 Å². The van der Waals surface area contributed by atoms with Crippen molar-refractivity contribution >= 4 is 29.3 Å². The molecule has 6 heteroatoms. The summed E-state index contributed by atoms with van der Waals surface area (Å²) in [6.07, 6.45) is 0.739. The first-order valence-electron chi connectivity index (χ1n) is 7.12. The zero-order valence-corrected chi connectivity index (χ0v) is 14.1. The van der Waals surface area contributed by atoms with Gasteiger partial charge in [-0.05, 0) is 42.3 Å². The molecule has 0 aliphatic rings. The third-order valence-electron chi connectivity index (χ3n) is 3.28. The van der Waals surface area contributed by atoms with Crippen molar-refractivity contribution in [1.29, 1.82) is 0 Å². The monoisotopic (exact) mass is 355 g/mol. The maximum absolute atomic E-state index is 13.1. The second-order valence-corrected chi connectivity index (χ2v) is 6.43. The lowest BCUT2D eigenvalue weighted by atomic mass is 10.0. The quantitative estimate of drug-likeness (QED) is 0.740. The fourth-order valence-electron chi connectivity index (χ4n) is 2.07. The molecule has 0 spiro atoms. The maximum atomic E-state index is 13.1. The third-order valence-corrected chi connectivity index (χ3v) is 4.52. The Balaban J connectivity index is 1.92. The van der Waals surface area contributed by atoms with E-state index in [0.717, 1.165) is 35.9 Å². The molecule has 23 heavy (non-hydrogen) atoms. The summed E-state index contributed by atoms with van der Waals surface area (Å²) in [6.45, 7) is 1.97. The van der Waals surface area contributed by atoms with Crippen LogP contribution in [0.25, 0.3) is 0 Å². The molecule has 0 aliphatic heterocycles. The van der Waals surface area contributed by atoms with Gasteiger partial charge in [0.2, 0.25) is 5.91 Å². The second kappa shape index (κ2) is 8.31. The fraction of sp³-hybridized carbons (Fsp3) is 0.235. The Morgan fingerprint density at radius 3 is 2.48 bits per heavy atom. The minimum Gasteiger partial charge on any atom is -0.349 e. The summed E-state index contributed by atoms with van der Waals surface area (Å²) < 4.78 is 26.0. The van der Waals surface area contributed by atoms with Crippen LogP contribution in [0.5, 0.6) is 0 Å². The van der Waals surface area contributed by atoms with E-state index in [4.69, 9.17) is 11.6 Å². The van der Waals surface area contributed by atoms with Crippen molar-refractivity contribution in [2.24, 2.45) is 0 Å². The van der Waals surface area contributed by atoms with Crippen molar-refractivity contribution in [1.82, 2.24) is 5.32 Å². The van der Waals surface area contributed by atoms with Gasteiger partial charge < -0.3 is 5.32 Å². The van der Waals surface area contributed by atoms with Crippen molar-refractivity contribution in [3.8, 4) is 0 Å². The summed E-state index contributed by atoms with van der Waals surface area (Å²) >= 11 is 7.02. The lowest BCUT2D eigenvalue weighted by molar-refractivity contribution is -0.119. The van der Waals surface area contributed by atoms with Crippen LogP contribution in [-0.4, -0.2) is 11.7 Å². The zero-order chi connectivity index (χ0) is 16.8. The van der Waals surface area contributed by atoms with E-state index < -0.39 is 11.6 Å². The summed E-state index contributed by atoms with van der Waals surface area (Å²) in [6, 6.07) is 10.8. The number of amides is 1. The Hall–Kier alpha value is -1.59. The first kappa shape index (κ1) is 17.8. The molecule has 2 aromatic rings. The number of nitrogens with one attached hydrogen (secondary N) is 1. The lowest BCUT2D eigenvalue weighted by Crippen LogP contribution is -2.29. The number of hydrogen-bond acceptors (Lipinski definition) is 2. The number of rotatable bonds is 6. The number of carbonyl (C=O) groups is 1. The van der Waals surface area contributed by atoms with Crippen LogP contribution in [0.15, 0.2) is 47.4 Å². The number of thioether (sulfide) groups is 1. The summed E-state index contributed by atoms with van der Waals surface area (Å²) in [5.41, 5.74) is 0.975. The molecule has 1 unspecified atom stereocenters. The Morgan fingerprint density at radius 1 is 1.17 bits per heavy atom. The lowest BCUT2D eigenvalue weighted by Gasteiger charge is -2.17. The van der Waals surface area contributed by atoms with Gasteiger partial charge in [-0.2, -0.15) is 0 Å². The first-order chi connectivity index (χ1) is 11.0. The van der Waals surface area contributed by atoms with Gasteiger partial charge in [0, 0.05) is 9.92 Å². The van der Waals surface area contributed by atoms with Crippen LogP contribution < -0.4 is 5.32 Å². The Morgan fingerprint density at radius 2 is 1.87 bits per heavy atom. The first-order valence-corrected chi connectivity index (χ1v) is 8.48. The van der Waals surface area contributed by atoms with Crippen molar-refractivity contribution in [3.05, 3.63) is 64.7 Å². The van der Waals surface area contributed by atoms with Crippen LogP contribution in [0, 0.1) is 11.6 Å². The molecule has 0 aromatic heterocycles. The van der Waals surface area contributed by atoms with Crippen molar-refractivity contribution in [3.63, 3.8) is 0 Å². The molecule has 0 saturated heterocycles. The topological polar surface area (TPSA) is 29.1 Å². The molecule has 2 nitrogen and oxygen atoms in total. The van der Waals surface area contributed by atoms with E-state index in [1.807, 2.05) is 19.1 Å². The van der Waals surface area contributed by atoms with E-state index in [-0.39, 0.29) is 17.7 Å². The van der Waals surface area contributed by atoms with Crippen LogP contribution in [0.4, 0.5) is 8.78 Å². The summed E-state index contributed by atoms with van der Waals surface area (Å²) in [5, 5.41) is 3.57. The van der Waals surface area contributed by atoms with E-state index in [0.29, 0.717) is 9.92 Å². The SMILES string of the molecule is CCC(NC(=O)CSc1ccc(F)c(F)c1)c1ccc(Cl)cc1. The summed E-state index contributed by atoms with van der Waals surface area (Å²) in [7, 11) is 0. The fourth-order valence-corrected chi connectivity index (χ4v) is 2.93. The number of benzene rings is 2. The molecule has 0 saturated carbocycles. The van der Waals surface area contributed by atoms with Gasteiger partial charge in [0.05, 0.1) is 11.8 Å². The molecule has 0 heterocycles. The highest BCUT2D eigenvalue weighted by molar-refractivity contribution is 8.00. The molecular formula is C17H16ClF2NOS. The van der Waals surface area contributed by atoms with Gasteiger partial charge in [-0.1, -0.05) is 30.7 Å². The van der Waals surface area contributed by atoms with E-state index >= 15 is 0 Å². The Labute approximate surface area is 143 Å². The number of hydrogen-bond donors (Lipinski definition) is 1. The molecule has 1 N–H and O–H groups in total. The predicted molar refractivity (Wildman–Crippen MR) is 89.7 cm³/mol. The molecule has 1 atom stereocenters. The zero-order valence-electron chi connectivity index (χ0n) is 12.5. The van der Waals surface area contributed by atoms with E-state index in [1.54, 1.807) is 12.1 Å². The highest BCUT2D eigenvalue weighted by atomic mass is 35.5. The molecule has 1 amide bonds. The van der Waals surface area contributed by atoms with Gasteiger partial charge in [-0.15, -0.1) is 11.8 Å². The van der Waals surface area contributed by atoms with Crippen LogP contribution in [0.3, 0.4) is 0 Å². The molecule has 0 fully saturated rings. The molecule has 0 radical (unpaired) electrons. The standard InChI is InChI=1S/C17H16ClF2NOS/c1-2-16(11-3-5-12(18)6-4-11)21-17(22)10-23-13-7-8-14(19)15(20)9-13/h3-9,16H,2,10H2,1H3,(H,21,22). The average Bonchev–Trinajstić information content (AvgIpc) is 2.54. The van der Waals surface area contributed by atoms with Crippen LogP contribution in [-0.2, 0) is 4.79 Å². The Kier molecular flexibility index (Phi) is 6.42. The van der Waals surface area contributed by atoms with Gasteiger partial charge in [-0.3, -0.25) is 4.79 Å². The molecular weight excluding hydrogens is 340 g/mol. The van der Waals surface area contributed by atoms with Gasteiger partial charge in [0.25, 0.3) is 0 Å². The number of halogens is 3. The van der Waals surface area contributed by atoms with Crippen LogP contribution in [0.2, 0.25) is 5.02 Å². The van der Waals surface area contributed by atoms with Crippen LogP contribution in [0.1, 0.15) is 24.9 Å². The molecule has 0 aliphatic carbocycles. The van der Waals surface area contributed by atoms with Gasteiger partial charge in [0.1, 0.15) is 0 Å². The predicted octanol–water partition coefficient (Wildman–Crippen LogP) is 4.98. The third kappa shape index (κ3) is 5.22. The minimum absolute atomic E-state index is 0.106. The summed E-state index contributed by atoms with van der Waals surface area (Å²) in [5.74, 6) is -1.84. The normalized spacial score (nSPS) is 12.0. The van der Waals surface area contributed by atoms with Crippen molar-refractivity contribution in [2.75, 3.05) is 5.75 Å². The Bertz CT molecular complexity index is 679. The van der Waals surface area contributed by atoms with Gasteiger partial charge in [-0.25, -0.2) is 8.78 Å². The van der Waals surface area contributed by atoms with E-state index in [1.165, 1.54) is 6.07 Å². The smallest absolute Gasteiger partial charge is 0.230 e. The maximum Gasteiger partial charge on any atom is 0.230 e. The average molecular weight is 356 g/mol. The largest absolute Gasteiger partial charge is 0.349 e. The minimum atomic E-state index is -0.914. The van der Waals surface area contributed by atoms with Crippen molar-refractivity contribution in [2.45, 2.75) is 24.3 Å². The molecule has 2 rings (SSSR count). The highest BCUT2D eigenvalue weighted by Crippen LogP contribution is 2.22.